The SMILES string of the molecule is N#CC1(NC(=O)C2Cc3ccccc3O2)CCCCC1. The van der Waals surface area contributed by atoms with Gasteiger partial charge in [0.05, 0.1) is 6.07 Å². The lowest BCUT2D eigenvalue weighted by molar-refractivity contribution is -0.129. The maximum Gasteiger partial charge on any atom is 0.262 e. The van der Waals surface area contributed by atoms with Gasteiger partial charge in [-0.25, -0.2) is 0 Å². The summed E-state index contributed by atoms with van der Waals surface area (Å²) in [4.78, 5) is 12.4. The van der Waals surface area contributed by atoms with Gasteiger partial charge in [-0.15, -0.1) is 0 Å². The van der Waals surface area contributed by atoms with Gasteiger partial charge in [-0.1, -0.05) is 37.5 Å². The number of para-hydroxylation sites is 1. The highest BCUT2D eigenvalue weighted by Gasteiger charge is 2.37. The van der Waals surface area contributed by atoms with Gasteiger partial charge in [0, 0.05) is 6.42 Å². The van der Waals surface area contributed by atoms with Crippen LogP contribution in [0.3, 0.4) is 0 Å². The summed E-state index contributed by atoms with van der Waals surface area (Å²) in [5.74, 6) is 0.618. The predicted octanol–water partition coefficient (Wildman–Crippen LogP) is 2.33. The molecule has 104 valence electrons. The fourth-order valence-electron chi connectivity index (χ4n) is 3.06. The number of carbonyl (C=O) groups excluding carboxylic acids is 1. The van der Waals surface area contributed by atoms with Crippen LogP contribution in [0.5, 0.6) is 5.75 Å². The van der Waals surface area contributed by atoms with Crippen molar-refractivity contribution in [1.82, 2.24) is 5.32 Å². The average Bonchev–Trinajstić information content (AvgIpc) is 2.92. The molecule has 0 aromatic heterocycles. The maximum absolute atomic E-state index is 12.4. The van der Waals surface area contributed by atoms with Crippen molar-refractivity contribution in [2.45, 2.75) is 50.2 Å². The van der Waals surface area contributed by atoms with Crippen LogP contribution >= 0.6 is 0 Å². The van der Waals surface area contributed by atoms with Crippen molar-refractivity contribution in [3.63, 3.8) is 0 Å². The van der Waals surface area contributed by atoms with E-state index in [1.165, 1.54) is 0 Å². The number of hydrogen-bond donors (Lipinski definition) is 1. The first-order valence-corrected chi connectivity index (χ1v) is 7.20. The Labute approximate surface area is 118 Å². The van der Waals surface area contributed by atoms with Gasteiger partial charge in [-0.05, 0) is 24.5 Å². The Morgan fingerprint density at radius 3 is 2.75 bits per heavy atom. The van der Waals surface area contributed by atoms with Crippen LogP contribution in [0.25, 0.3) is 0 Å². The molecule has 1 amide bonds. The van der Waals surface area contributed by atoms with Crippen LogP contribution in [-0.4, -0.2) is 17.6 Å². The largest absolute Gasteiger partial charge is 0.480 e. The summed E-state index contributed by atoms with van der Waals surface area (Å²) < 4.78 is 5.68. The smallest absolute Gasteiger partial charge is 0.262 e. The third kappa shape index (κ3) is 2.36. The zero-order chi connectivity index (χ0) is 14.0. The molecule has 0 saturated heterocycles. The molecular weight excluding hydrogens is 252 g/mol. The molecule has 1 saturated carbocycles. The van der Waals surface area contributed by atoms with E-state index < -0.39 is 11.6 Å². The molecule has 0 bridgehead atoms. The summed E-state index contributed by atoms with van der Waals surface area (Å²) in [5.41, 5.74) is 0.371. The molecule has 1 aliphatic carbocycles. The lowest BCUT2D eigenvalue weighted by atomic mass is 9.82. The number of ether oxygens (including phenoxy) is 1. The van der Waals surface area contributed by atoms with Crippen LogP contribution in [0, 0.1) is 11.3 Å². The van der Waals surface area contributed by atoms with Crippen molar-refractivity contribution < 1.29 is 9.53 Å². The van der Waals surface area contributed by atoms with E-state index in [1.807, 2.05) is 24.3 Å². The van der Waals surface area contributed by atoms with E-state index in [4.69, 9.17) is 4.74 Å². The monoisotopic (exact) mass is 270 g/mol. The number of hydrogen-bond acceptors (Lipinski definition) is 3. The van der Waals surface area contributed by atoms with Crippen molar-refractivity contribution in [2.24, 2.45) is 0 Å². The number of rotatable bonds is 2. The zero-order valence-corrected chi connectivity index (χ0v) is 11.4. The first-order valence-electron chi connectivity index (χ1n) is 7.20. The van der Waals surface area contributed by atoms with Gasteiger partial charge >= 0.3 is 0 Å². The Hall–Kier alpha value is -2.02. The first kappa shape index (κ1) is 13.0. The van der Waals surface area contributed by atoms with Crippen molar-refractivity contribution in [1.29, 1.82) is 5.26 Å². The molecule has 1 fully saturated rings. The Balaban J connectivity index is 1.68. The number of nitrogens with zero attached hydrogens (tertiary/aromatic N) is 1. The van der Waals surface area contributed by atoms with Crippen LogP contribution < -0.4 is 10.1 Å². The van der Waals surface area contributed by atoms with Gasteiger partial charge in [0.2, 0.25) is 0 Å². The number of fused-ring (bicyclic) bond motifs is 1. The molecule has 1 unspecified atom stereocenters. The van der Waals surface area contributed by atoms with E-state index in [1.54, 1.807) is 0 Å². The maximum atomic E-state index is 12.4. The predicted molar refractivity (Wildman–Crippen MR) is 74.1 cm³/mol. The average molecular weight is 270 g/mol. The van der Waals surface area contributed by atoms with Crippen molar-refractivity contribution in [3.05, 3.63) is 29.8 Å². The van der Waals surface area contributed by atoms with E-state index in [0.29, 0.717) is 6.42 Å². The minimum absolute atomic E-state index is 0.162. The van der Waals surface area contributed by atoms with E-state index in [9.17, 15) is 10.1 Å². The van der Waals surface area contributed by atoms with Gasteiger partial charge in [-0.2, -0.15) is 5.26 Å². The van der Waals surface area contributed by atoms with Gasteiger partial charge in [0.15, 0.2) is 6.10 Å². The quantitative estimate of drug-likeness (QED) is 0.897. The second-order valence-corrected chi connectivity index (χ2v) is 5.66. The molecule has 1 atom stereocenters. The molecule has 4 nitrogen and oxygen atoms in total. The van der Waals surface area contributed by atoms with Crippen molar-refractivity contribution in [3.8, 4) is 11.8 Å². The standard InChI is InChI=1S/C16H18N2O2/c17-11-16(8-4-1-5-9-16)18-15(19)14-10-12-6-2-3-7-13(12)20-14/h2-3,6-7,14H,1,4-5,8-10H2,(H,18,19). The lowest BCUT2D eigenvalue weighted by Gasteiger charge is -2.32. The van der Waals surface area contributed by atoms with Gasteiger partial charge < -0.3 is 10.1 Å². The number of amides is 1. The normalized spacial score (nSPS) is 23.2. The van der Waals surface area contributed by atoms with Gasteiger partial charge in [0.1, 0.15) is 11.3 Å². The number of benzene rings is 1. The molecule has 0 spiro atoms. The summed E-state index contributed by atoms with van der Waals surface area (Å²) in [5, 5.41) is 12.3. The van der Waals surface area contributed by atoms with Crippen molar-refractivity contribution in [2.75, 3.05) is 0 Å². The number of carbonyl (C=O) groups is 1. The van der Waals surface area contributed by atoms with Gasteiger partial charge in [-0.3, -0.25) is 4.79 Å². The fourth-order valence-corrected chi connectivity index (χ4v) is 3.06. The van der Waals surface area contributed by atoms with Crippen LogP contribution in [0.1, 0.15) is 37.7 Å². The van der Waals surface area contributed by atoms with Crippen LogP contribution in [0.15, 0.2) is 24.3 Å². The summed E-state index contributed by atoms with van der Waals surface area (Å²) in [6.07, 6.45) is 4.72. The lowest BCUT2D eigenvalue weighted by Crippen LogP contribution is -2.52. The second kappa shape index (κ2) is 5.16. The molecule has 20 heavy (non-hydrogen) atoms. The fraction of sp³-hybridized carbons (Fsp3) is 0.500. The Bertz CT molecular complexity index is 531. The zero-order valence-electron chi connectivity index (χ0n) is 11.4. The summed E-state index contributed by atoms with van der Waals surface area (Å²) in [6.45, 7) is 0. The molecule has 1 aromatic rings. The third-order valence-corrected chi connectivity index (χ3v) is 4.22. The summed E-state index contributed by atoms with van der Waals surface area (Å²) in [7, 11) is 0. The third-order valence-electron chi connectivity index (χ3n) is 4.22. The highest BCUT2D eigenvalue weighted by Crippen LogP contribution is 2.30. The molecule has 1 heterocycles. The van der Waals surface area contributed by atoms with Crippen LogP contribution in [0.2, 0.25) is 0 Å². The second-order valence-electron chi connectivity index (χ2n) is 5.66. The van der Waals surface area contributed by atoms with Crippen LogP contribution in [-0.2, 0) is 11.2 Å². The Kier molecular flexibility index (Phi) is 3.35. The Morgan fingerprint density at radius 2 is 2.05 bits per heavy atom. The summed E-state index contributed by atoms with van der Waals surface area (Å²) >= 11 is 0. The molecular formula is C16H18N2O2. The number of nitriles is 1. The van der Waals surface area contributed by atoms with Crippen LogP contribution in [0.4, 0.5) is 0 Å². The molecule has 3 rings (SSSR count). The molecule has 2 aliphatic rings. The van der Waals surface area contributed by atoms with Gasteiger partial charge in [0.25, 0.3) is 5.91 Å². The van der Waals surface area contributed by atoms with E-state index in [-0.39, 0.29) is 5.91 Å². The molecule has 0 radical (unpaired) electrons. The topological polar surface area (TPSA) is 62.1 Å². The Morgan fingerprint density at radius 1 is 1.30 bits per heavy atom. The minimum atomic E-state index is -0.687. The molecule has 1 aromatic carbocycles. The van der Waals surface area contributed by atoms with Crippen molar-refractivity contribution >= 4 is 5.91 Å². The summed E-state index contributed by atoms with van der Waals surface area (Å²) in [6, 6.07) is 10.0. The van der Waals surface area contributed by atoms with E-state index in [0.717, 1.165) is 43.4 Å². The first-order chi connectivity index (χ1) is 9.72. The highest BCUT2D eigenvalue weighted by atomic mass is 16.5. The minimum Gasteiger partial charge on any atom is -0.480 e. The van der Waals surface area contributed by atoms with E-state index in [2.05, 4.69) is 11.4 Å². The number of nitrogens with one attached hydrogen (secondary N) is 1. The molecule has 1 N–H and O–H groups in total. The molecule has 1 aliphatic heterocycles. The highest BCUT2D eigenvalue weighted by molar-refractivity contribution is 5.83. The molecule has 4 heteroatoms. The van der Waals surface area contributed by atoms with E-state index >= 15 is 0 Å².